The molecule has 0 heterocycles. The molecule has 0 N–H and O–H groups in total. The van der Waals surface area contributed by atoms with Gasteiger partial charge in [-0.15, -0.1) is 0 Å². The molecular weight excluding hydrogens is 235 g/mol. The van der Waals surface area contributed by atoms with Crippen LogP contribution in [-0.2, 0) is 9.53 Å². The van der Waals surface area contributed by atoms with Gasteiger partial charge in [0.25, 0.3) is 0 Å². The summed E-state index contributed by atoms with van der Waals surface area (Å²) in [6.45, 7) is 0.847. The molecule has 1 fully saturated rings. The van der Waals surface area contributed by atoms with Crippen molar-refractivity contribution in [2.45, 2.75) is 25.7 Å². The molecule has 1 saturated carbocycles. The summed E-state index contributed by atoms with van der Waals surface area (Å²) in [6.07, 6.45) is 3.71. The zero-order valence-electron chi connectivity index (χ0n) is 10.2. The predicted octanol–water partition coefficient (Wildman–Crippen LogP) is 2.94. The molecule has 0 atom stereocenters. The van der Waals surface area contributed by atoms with Crippen LogP contribution in [0.15, 0.2) is 24.3 Å². The van der Waals surface area contributed by atoms with Gasteiger partial charge in [0.2, 0.25) is 0 Å². The van der Waals surface area contributed by atoms with Gasteiger partial charge in [0.15, 0.2) is 0 Å². The predicted molar refractivity (Wildman–Crippen MR) is 64.8 cm³/mol. The Labute approximate surface area is 106 Å². The lowest BCUT2D eigenvalue weighted by Crippen LogP contribution is -2.24. The van der Waals surface area contributed by atoms with Gasteiger partial charge >= 0.3 is 5.97 Å². The van der Waals surface area contributed by atoms with E-state index in [1.54, 1.807) is 12.1 Å². The second-order valence-electron chi connectivity index (χ2n) is 4.45. The van der Waals surface area contributed by atoms with E-state index in [4.69, 9.17) is 9.47 Å². The SMILES string of the molecule is O=C(OCCCOc1ccc(F)cc1)C1CCC1. The lowest BCUT2D eigenvalue weighted by Gasteiger charge is -2.22. The summed E-state index contributed by atoms with van der Waals surface area (Å²) in [5.41, 5.74) is 0. The van der Waals surface area contributed by atoms with Gasteiger partial charge in [-0.25, -0.2) is 4.39 Å². The molecule has 1 aromatic carbocycles. The van der Waals surface area contributed by atoms with E-state index in [2.05, 4.69) is 0 Å². The number of esters is 1. The first kappa shape index (κ1) is 12.9. The Morgan fingerprint density at radius 3 is 2.56 bits per heavy atom. The third-order valence-electron chi connectivity index (χ3n) is 3.05. The van der Waals surface area contributed by atoms with E-state index in [1.807, 2.05) is 0 Å². The topological polar surface area (TPSA) is 35.5 Å². The Morgan fingerprint density at radius 1 is 1.22 bits per heavy atom. The molecular formula is C14H17FO3. The van der Waals surface area contributed by atoms with Crippen molar-refractivity contribution in [1.29, 1.82) is 0 Å². The van der Waals surface area contributed by atoms with Crippen LogP contribution in [0, 0.1) is 11.7 Å². The van der Waals surface area contributed by atoms with Gasteiger partial charge < -0.3 is 9.47 Å². The highest BCUT2D eigenvalue weighted by Crippen LogP contribution is 2.27. The maximum Gasteiger partial charge on any atom is 0.308 e. The quantitative estimate of drug-likeness (QED) is 0.577. The van der Waals surface area contributed by atoms with E-state index < -0.39 is 0 Å². The van der Waals surface area contributed by atoms with E-state index >= 15 is 0 Å². The van der Waals surface area contributed by atoms with Crippen LogP contribution in [0.3, 0.4) is 0 Å². The molecule has 4 heteroatoms. The first-order valence-electron chi connectivity index (χ1n) is 6.31. The Kier molecular flexibility index (Phi) is 4.56. The van der Waals surface area contributed by atoms with Crippen molar-refractivity contribution < 1.29 is 18.7 Å². The number of hydrogen-bond donors (Lipinski definition) is 0. The largest absolute Gasteiger partial charge is 0.493 e. The van der Waals surface area contributed by atoms with Crippen LogP contribution in [0.5, 0.6) is 5.75 Å². The van der Waals surface area contributed by atoms with Crippen molar-refractivity contribution >= 4 is 5.97 Å². The van der Waals surface area contributed by atoms with Gasteiger partial charge in [0, 0.05) is 6.42 Å². The van der Waals surface area contributed by atoms with Crippen LogP contribution >= 0.6 is 0 Å². The standard InChI is InChI=1S/C14H17FO3/c15-12-5-7-13(8-6-12)17-9-2-10-18-14(16)11-3-1-4-11/h5-8,11H,1-4,9-10H2. The third-order valence-corrected chi connectivity index (χ3v) is 3.05. The number of ether oxygens (including phenoxy) is 2. The van der Waals surface area contributed by atoms with Crippen molar-refractivity contribution in [3.05, 3.63) is 30.1 Å². The summed E-state index contributed by atoms with van der Waals surface area (Å²) < 4.78 is 23.1. The van der Waals surface area contributed by atoms with Gasteiger partial charge in [-0.3, -0.25) is 4.79 Å². The monoisotopic (exact) mass is 252 g/mol. The molecule has 98 valence electrons. The number of carbonyl (C=O) groups is 1. The molecule has 0 spiro atoms. The molecule has 0 aromatic heterocycles. The third kappa shape index (κ3) is 3.72. The zero-order valence-corrected chi connectivity index (χ0v) is 10.2. The highest BCUT2D eigenvalue weighted by atomic mass is 19.1. The molecule has 0 bridgehead atoms. The van der Waals surface area contributed by atoms with Gasteiger partial charge in [-0.2, -0.15) is 0 Å². The molecule has 18 heavy (non-hydrogen) atoms. The minimum absolute atomic E-state index is 0.0805. The molecule has 1 aliphatic rings. The van der Waals surface area contributed by atoms with Crippen molar-refractivity contribution in [3.63, 3.8) is 0 Å². The van der Waals surface area contributed by atoms with E-state index in [-0.39, 0.29) is 17.7 Å². The number of carbonyl (C=O) groups excluding carboxylic acids is 1. The summed E-state index contributed by atoms with van der Waals surface area (Å²) >= 11 is 0. The molecule has 2 rings (SSSR count). The fraction of sp³-hybridized carbons (Fsp3) is 0.500. The van der Waals surface area contributed by atoms with Crippen LogP contribution in [0.25, 0.3) is 0 Å². The first-order valence-corrected chi connectivity index (χ1v) is 6.31. The normalized spacial score (nSPS) is 14.9. The van der Waals surface area contributed by atoms with E-state index in [0.717, 1.165) is 19.3 Å². The zero-order chi connectivity index (χ0) is 12.8. The molecule has 0 unspecified atom stereocenters. The Morgan fingerprint density at radius 2 is 1.94 bits per heavy atom. The summed E-state index contributed by atoms with van der Waals surface area (Å²) in [5, 5.41) is 0. The minimum atomic E-state index is -0.281. The lowest BCUT2D eigenvalue weighted by atomic mass is 9.86. The Balaban J connectivity index is 1.55. The maximum atomic E-state index is 12.6. The first-order chi connectivity index (χ1) is 8.75. The van der Waals surface area contributed by atoms with Gasteiger partial charge in [-0.1, -0.05) is 6.42 Å². The molecule has 0 amide bonds. The summed E-state index contributed by atoms with van der Waals surface area (Å²) in [4.78, 5) is 11.4. The van der Waals surface area contributed by atoms with E-state index in [1.165, 1.54) is 12.1 Å². The molecule has 0 saturated heterocycles. The minimum Gasteiger partial charge on any atom is -0.493 e. The molecule has 0 aliphatic heterocycles. The molecule has 3 nitrogen and oxygen atoms in total. The Bertz CT molecular complexity index is 385. The average molecular weight is 252 g/mol. The Hall–Kier alpha value is -1.58. The number of halogens is 1. The number of benzene rings is 1. The smallest absolute Gasteiger partial charge is 0.308 e. The van der Waals surface area contributed by atoms with Crippen LogP contribution < -0.4 is 4.74 Å². The summed E-state index contributed by atoms with van der Waals surface area (Å²) in [7, 11) is 0. The van der Waals surface area contributed by atoms with E-state index in [9.17, 15) is 9.18 Å². The van der Waals surface area contributed by atoms with Gasteiger partial charge in [-0.05, 0) is 37.1 Å². The summed E-state index contributed by atoms with van der Waals surface area (Å²) in [6, 6.07) is 5.86. The summed E-state index contributed by atoms with van der Waals surface area (Å²) in [5.74, 6) is 0.393. The maximum absolute atomic E-state index is 12.6. The second-order valence-corrected chi connectivity index (χ2v) is 4.45. The van der Waals surface area contributed by atoms with Crippen molar-refractivity contribution in [1.82, 2.24) is 0 Å². The van der Waals surface area contributed by atoms with Crippen molar-refractivity contribution in [2.75, 3.05) is 13.2 Å². The molecule has 0 radical (unpaired) electrons. The second kappa shape index (κ2) is 6.38. The van der Waals surface area contributed by atoms with Crippen molar-refractivity contribution in [2.24, 2.45) is 5.92 Å². The van der Waals surface area contributed by atoms with Crippen LogP contribution in [0.2, 0.25) is 0 Å². The highest BCUT2D eigenvalue weighted by Gasteiger charge is 2.26. The highest BCUT2D eigenvalue weighted by molar-refractivity contribution is 5.73. The van der Waals surface area contributed by atoms with Crippen LogP contribution in [0.4, 0.5) is 4.39 Å². The molecule has 1 aliphatic carbocycles. The fourth-order valence-corrected chi connectivity index (χ4v) is 1.71. The fourth-order valence-electron chi connectivity index (χ4n) is 1.71. The molecule has 1 aromatic rings. The van der Waals surface area contributed by atoms with Crippen LogP contribution in [0.1, 0.15) is 25.7 Å². The number of hydrogen-bond acceptors (Lipinski definition) is 3. The van der Waals surface area contributed by atoms with Crippen LogP contribution in [-0.4, -0.2) is 19.2 Å². The van der Waals surface area contributed by atoms with Gasteiger partial charge in [0.05, 0.1) is 19.1 Å². The van der Waals surface area contributed by atoms with Crippen molar-refractivity contribution in [3.8, 4) is 5.75 Å². The lowest BCUT2D eigenvalue weighted by molar-refractivity contribution is -0.151. The van der Waals surface area contributed by atoms with E-state index in [0.29, 0.717) is 25.4 Å². The number of rotatable bonds is 6. The van der Waals surface area contributed by atoms with Gasteiger partial charge in [0.1, 0.15) is 11.6 Å². The average Bonchev–Trinajstić information content (AvgIpc) is 2.29.